The minimum atomic E-state index is -0.497. The van der Waals surface area contributed by atoms with Crippen LogP contribution in [0.2, 0.25) is 0 Å². The fourth-order valence-corrected chi connectivity index (χ4v) is 3.55. The molecule has 0 radical (unpaired) electrons. The first-order chi connectivity index (χ1) is 13.6. The molecule has 0 saturated carbocycles. The molecular weight excluding hydrogens is 384 g/mol. The van der Waals surface area contributed by atoms with Gasteiger partial charge in [-0.15, -0.1) is 5.10 Å². The first kappa shape index (κ1) is 17.7. The monoisotopic (exact) mass is 398 g/mol. The molecule has 0 atom stereocenters. The maximum atomic E-state index is 12.6. The number of carbonyl (C=O) groups excluding carboxylic acids is 1. The first-order valence-electron chi connectivity index (χ1n) is 8.07. The molecule has 0 spiro atoms. The third kappa shape index (κ3) is 3.09. The van der Waals surface area contributed by atoms with Gasteiger partial charge in [0, 0.05) is 0 Å². The van der Waals surface area contributed by atoms with Gasteiger partial charge >= 0.3 is 0 Å². The molecular formula is C18H14N4O5S. The molecule has 2 N–H and O–H groups in total. The SMILES string of the molecule is COc1ccc2cc(C(=O)Nc3n[nH]c(-c4ccco4)n3)sc(=O)c2c1OC. The van der Waals surface area contributed by atoms with Gasteiger partial charge in [0.1, 0.15) is 0 Å². The number of nitrogens with one attached hydrogen (secondary N) is 2. The Bertz CT molecular complexity index is 1210. The summed E-state index contributed by atoms with van der Waals surface area (Å²) in [5, 5.41) is 10.1. The summed E-state index contributed by atoms with van der Waals surface area (Å²) < 4.78 is 15.4. The van der Waals surface area contributed by atoms with E-state index in [9.17, 15) is 9.59 Å². The Labute approximate surface area is 161 Å². The van der Waals surface area contributed by atoms with Crippen LogP contribution in [0.15, 0.2) is 45.8 Å². The molecule has 28 heavy (non-hydrogen) atoms. The van der Waals surface area contributed by atoms with E-state index < -0.39 is 5.91 Å². The summed E-state index contributed by atoms with van der Waals surface area (Å²) in [6, 6.07) is 8.41. The lowest BCUT2D eigenvalue weighted by Crippen LogP contribution is -2.14. The molecule has 4 aromatic rings. The van der Waals surface area contributed by atoms with Gasteiger partial charge in [0.25, 0.3) is 5.91 Å². The summed E-state index contributed by atoms with van der Waals surface area (Å²) in [7, 11) is 2.95. The van der Waals surface area contributed by atoms with E-state index in [4.69, 9.17) is 13.9 Å². The van der Waals surface area contributed by atoms with Crippen molar-refractivity contribution in [3.8, 4) is 23.1 Å². The second kappa shape index (κ2) is 7.16. The number of aromatic nitrogens is 3. The molecule has 142 valence electrons. The number of methoxy groups -OCH3 is 2. The van der Waals surface area contributed by atoms with Crippen LogP contribution in [-0.2, 0) is 0 Å². The topological polar surface area (TPSA) is 119 Å². The minimum Gasteiger partial charge on any atom is -0.493 e. The van der Waals surface area contributed by atoms with E-state index in [0.717, 1.165) is 11.3 Å². The zero-order chi connectivity index (χ0) is 19.7. The van der Waals surface area contributed by atoms with Gasteiger partial charge in [-0.3, -0.25) is 20.0 Å². The normalized spacial score (nSPS) is 10.8. The highest BCUT2D eigenvalue weighted by Crippen LogP contribution is 2.34. The largest absolute Gasteiger partial charge is 0.493 e. The number of carbonyl (C=O) groups is 1. The molecule has 3 aromatic heterocycles. The van der Waals surface area contributed by atoms with Gasteiger partial charge < -0.3 is 13.9 Å². The summed E-state index contributed by atoms with van der Waals surface area (Å²) in [6.07, 6.45) is 1.51. The predicted octanol–water partition coefficient (Wildman–Crippen LogP) is 2.91. The van der Waals surface area contributed by atoms with Crippen LogP contribution in [-0.4, -0.2) is 35.3 Å². The molecule has 0 fully saturated rings. The lowest BCUT2D eigenvalue weighted by Gasteiger charge is -2.10. The third-order valence-electron chi connectivity index (χ3n) is 3.96. The van der Waals surface area contributed by atoms with Gasteiger partial charge in [0.2, 0.25) is 10.7 Å². The van der Waals surface area contributed by atoms with Gasteiger partial charge in [-0.05, 0) is 29.7 Å². The molecule has 0 unspecified atom stereocenters. The molecule has 0 aliphatic carbocycles. The molecule has 0 bridgehead atoms. The van der Waals surface area contributed by atoms with Crippen molar-refractivity contribution in [1.82, 2.24) is 15.2 Å². The van der Waals surface area contributed by atoms with Crippen LogP contribution in [0.5, 0.6) is 11.5 Å². The van der Waals surface area contributed by atoms with Crippen molar-refractivity contribution in [3.63, 3.8) is 0 Å². The summed E-state index contributed by atoms with van der Waals surface area (Å²) in [4.78, 5) is 29.6. The van der Waals surface area contributed by atoms with Crippen LogP contribution in [0.4, 0.5) is 5.95 Å². The zero-order valence-electron chi connectivity index (χ0n) is 14.8. The molecule has 0 aliphatic rings. The summed E-state index contributed by atoms with van der Waals surface area (Å²) in [6.45, 7) is 0. The summed E-state index contributed by atoms with van der Waals surface area (Å²) in [5.74, 6) is 1.23. The van der Waals surface area contributed by atoms with E-state index >= 15 is 0 Å². The van der Waals surface area contributed by atoms with E-state index in [1.807, 2.05) is 0 Å². The van der Waals surface area contributed by atoms with Crippen molar-refractivity contribution >= 4 is 34.0 Å². The lowest BCUT2D eigenvalue weighted by molar-refractivity contribution is 0.102. The summed E-state index contributed by atoms with van der Waals surface area (Å²) in [5.41, 5.74) is 0. The number of ether oxygens (including phenoxy) is 2. The van der Waals surface area contributed by atoms with Crippen molar-refractivity contribution in [2.45, 2.75) is 0 Å². The molecule has 9 nitrogen and oxygen atoms in total. The van der Waals surface area contributed by atoms with E-state index in [0.29, 0.717) is 33.9 Å². The number of hydrogen-bond acceptors (Lipinski definition) is 8. The minimum absolute atomic E-state index is 0.0726. The van der Waals surface area contributed by atoms with Crippen molar-refractivity contribution in [3.05, 3.63) is 51.0 Å². The third-order valence-corrected chi connectivity index (χ3v) is 4.87. The smallest absolute Gasteiger partial charge is 0.268 e. The standard InChI is InChI=1S/C18H14N4O5S/c1-25-10-6-5-9-8-12(28-17(24)13(9)14(10)26-2)16(23)20-18-19-15(21-22-18)11-4-3-7-27-11/h3-8H,1-2H3,(H2,19,20,21,22,23). The van der Waals surface area contributed by atoms with Crippen LogP contribution in [0.1, 0.15) is 9.67 Å². The average Bonchev–Trinajstić information content (AvgIpc) is 3.38. The van der Waals surface area contributed by atoms with Gasteiger partial charge in [0.15, 0.2) is 23.1 Å². The lowest BCUT2D eigenvalue weighted by atomic mass is 10.1. The number of hydrogen-bond donors (Lipinski definition) is 2. The van der Waals surface area contributed by atoms with E-state index in [1.165, 1.54) is 20.5 Å². The van der Waals surface area contributed by atoms with Crippen LogP contribution in [0, 0.1) is 0 Å². The Balaban J connectivity index is 1.66. The second-order valence-electron chi connectivity index (χ2n) is 5.60. The zero-order valence-corrected chi connectivity index (χ0v) is 15.6. The van der Waals surface area contributed by atoms with Crippen LogP contribution in [0.3, 0.4) is 0 Å². The second-order valence-corrected chi connectivity index (χ2v) is 6.62. The van der Waals surface area contributed by atoms with E-state index in [2.05, 4.69) is 20.5 Å². The highest BCUT2D eigenvalue weighted by Gasteiger charge is 2.18. The highest BCUT2D eigenvalue weighted by molar-refractivity contribution is 7.12. The Morgan fingerprint density at radius 3 is 2.82 bits per heavy atom. The van der Waals surface area contributed by atoms with Gasteiger partial charge in [0.05, 0.1) is 30.7 Å². The van der Waals surface area contributed by atoms with Gasteiger partial charge in [-0.1, -0.05) is 17.4 Å². The Kier molecular flexibility index (Phi) is 4.53. The molecule has 10 heteroatoms. The number of aromatic amines is 1. The van der Waals surface area contributed by atoms with Crippen molar-refractivity contribution in [2.75, 3.05) is 19.5 Å². The molecule has 1 aromatic carbocycles. The van der Waals surface area contributed by atoms with Crippen molar-refractivity contribution in [1.29, 1.82) is 0 Å². The maximum absolute atomic E-state index is 12.6. The number of amides is 1. The fourth-order valence-electron chi connectivity index (χ4n) is 2.71. The fraction of sp³-hybridized carbons (Fsp3) is 0.111. The molecule has 3 heterocycles. The molecule has 1 amide bonds. The number of anilines is 1. The maximum Gasteiger partial charge on any atom is 0.268 e. The molecule has 0 saturated heterocycles. The Morgan fingerprint density at radius 1 is 1.25 bits per heavy atom. The number of nitrogens with zero attached hydrogens (tertiary/aromatic N) is 2. The predicted molar refractivity (Wildman–Crippen MR) is 103 cm³/mol. The van der Waals surface area contributed by atoms with Crippen molar-refractivity contribution < 1.29 is 18.7 Å². The van der Waals surface area contributed by atoms with Crippen LogP contribution < -0.4 is 19.5 Å². The van der Waals surface area contributed by atoms with Crippen molar-refractivity contribution in [2.24, 2.45) is 0 Å². The molecule has 0 aliphatic heterocycles. The van der Waals surface area contributed by atoms with Gasteiger partial charge in [-0.25, -0.2) is 0 Å². The summed E-state index contributed by atoms with van der Waals surface area (Å²) >= 11 is 0.800. The first-order valence-corrected chi connectivity index (χ1v) is 8.89. The van der Waals surface area contributed by atoms with Crippen LogP contribution >= 0.6 is 11.3 Å². The number of H-pyrrole nitrogens is 1. The number of benzene rings is 1. The number of fused-ring (bicyclic) bond motifs is 1. The molecule has 4 rings (SSSR count). The quantitative estimate of drug-likeness (QED) is 0.530. The highest BCUT2D eigenvalue weighted by atomic mass is 32.1. The Hall–Kier alpha value is -3.66. The number of furan rings is 1. The number of rotatable bonds is 5. The Morgan fingerprint density at radius 2 is 2.11 bits per heavy atom. The average molecular weight is 398 g/mol. The van der Waals surface area contributed by atoms with E-state index in [-0.39, 0.29) is 15.6 Å². The van der Waals surface area contributed by atoms with Crippen LogP contribution in [0.25, 0.3) is 22.4 Å². The van der Waals surface area contributed by atoms with Gasteiger partial charge in [-0.2, -0.15) is 4.98 Å². The van der Waals surface area contributed by atoms with E-state index in [1.54, 1.807) is 30.3 Å².